The summed E-state index contributed by atoms with van der Waals surface area (Å²) < 4.78 is 38.5. The van der Waals surface area contributed by atoms with Crippen LogP contribution in [0.1, 0.15) is 12.0 Å². The van der Waals surface area contributed by atoms with Gasteiger partial charge in [0.15, 0.2) is 0 Å². The van der Waals surface area contributed by atoms with Crippen LogP contribution in [0.15, 0.2) is 26.2 Å². The van der Waals surface area contributed by atoms with Crippen LogP contribution in [0.5, 0.6) is 5.75 Å². The van der Waals surface area contributed by atoms with Gasteiger partial charge in [0.25, 0.3) is 5.91 Å². The van der Waals surface area contributed by atoms with E-state index in [1.165, 1.54) is 0 Å². The van der Waals surface area contributed by atoms with Crippen LogP contribution < -0.4 is 15.4 Å². The van der Waals surface area contributed by atoms with E-state index < -0.39 is 12.1 Å². The fourth-order valence-electron chi connectivity index (χ4n) is 1.83. The molecule has 1 amide bonds. The zero-order valence-corrected chi connectivity index (χ0v) is 18.6. The maximum absolute atomic E-state index is 12.0. The molecule has 0 aliphatic carbocycles. The van der Waals surface area contributed by atoms with E-state index in [4.69, 9.17) is 19.8 Å². The molecule has 0 unspecified atom stereocenters. The summed E-state index contributed by atoms with van der Waals surface area (Å²) in [5.74, 6) is -2.46. The number of nitrogens with one attached hydrogen (secondary N) is 2. The third-order valence-corrected chi connectivity index (χ3v) is 4.33. The molecule has 0 spiro atoms. The summed E-state index contributed by atoms with van der Waals surface area (Å²) >= 11 is 6.80. The van der Waals surface area contributed by atoms with Crippen LogP contribution in [0, 0.1) is 0 Å². The van der Waals surface area contributed by atoms with Crippen molar-refractivity contribution in [3.63, 3.8) is 0 Å². The van der Waals surface area contributed by atoms with Gasteiger partial charge in [0.05, 0.1) is 16.1 Å². The molecule has 0 aliphatic heterocycles. The van der Waals surface area contributed by atoms with Gasteiger partial charge in [-0.15, -0.1) is 0 Å². The summed E-state index contributed by atoms with van der Waals surface area (Å²) in [6, 6.07) is 3.64. The van der Waals surface area contributed by atoms with Crippen molar-refractivity contribution in [2.45, 2.75) is 19.0 Å². The number of carboxylic acids is 1. The second-order valence-corrected chi connectivity index (χ2v) is 7.04. The smallest absolute Gasteiger partial charge is 0.490 e. The van der Waals surface area contributed by atoms with Gasteiger partial charge in [-0.25, -0.2) is 4.79 Å². The Balaban J connectivity index is 0.000000956. The van der Waals surface area contributed by atoms with Gasteiger partial charge in [0.1, 0.15) is 11.5 Å². The normalized spacial score (nSPS) is 11.3. The molecule has 1 rings (SSSR count). The zero-order valence-electron chi connectivity index (χ0n) is 15.4. The van der Waals surface area contributed by atoms with Gasteiger partial charge in [0, 0.05) is 13.0 Å². The van der Waals surface area contributed by atoms with E-state index in [-0.39, 0.29) is 18.0 Å². The van der Waals surface area contributed by atoms with Gasteiger partial charge < -0.3 is 25.7 Å². The molecule has 0 fully saturated rings. The number of halogens is 5. The lowest BCUT2D eigenvalue weighted by Gasteiger charge is -2.10. The molecule has 8 nitrogen and oxygen atoms in total. The minimum Gasteiger partial charge on any atom is -0.494 e. The highest BCUT2D eigenvalue weighted by atomic mass is 79.9. The summed E-state index contributed by atoms with van der Waals surface area (Å²) in [5, 5.41) is 25.0. The average molecular weight is 551 g/mol. The van der Waals surface area contributed by atoms with Crippen LogP contribution >= 0.6 is 31.9 Å². The number of oxime groups is 1. The molecule has 0 aromatic heterocycles. The molecule has 4 N–H and O–H groups in total. The number of ether oxygens (including phenoxy) is 1. The third-order valence-electron chi connectivity index (χ3n) is 3.15. The van der Waals surface area contributed by atoms with Gasteiger partial charge >= 0.3 is 12.1 Å². The first-order chi connectivity index (χ1) is 13.5. The predicted molar refractivity (Wildman–Crippen MR) is 107 cm³/mol. The van der Waals surface area contributed by atoms with Crippen LogP contribution in [0.4, 0.5) is 13.2 Å². The van der Waals surface area contributed by atoms with Crippen LogP contribution in [0.3, 0.4) is 0 Å². The average Bonchev–Trinajstić information content (AvgIpc) is 2.62. The van der Waals surface area contributed by atoms with E-state index in [0.29, 0.717) is 12.3 Å². The molecular weight excluding hydrogens is 531 g/mol. The number of carbonyl (C=O) groups excluding carboxylic acids is 1. The predicted octanol–water partition coefficient (Wildman–Crippen LogP) is 2.95. The number of hydrogen-bond acceptors (Lipinski definition) is 6. The van der Waals surface area contributed by atoms with Crippen molar-refractivity contribution in [3.8, 4) is 5.75 Å². The van der Waals surface area contributed by atoms with E-state index in [2.05, 4.69) is 47.6 Å². The van der Waals surface area contributed by atoms with Crippen LogP contribution in [0.25, 0.3) is 0 Å². The Bertz CT molecular complexity index is 707. The SMILES string of the molecule is CNCCCNC(=O)/C(Cc1cc(Br)c(OC)c(Br)c1)=N/O.O=C(O)C(F)(F)F. The van der Waals surface area contributed by atoms with Gasteiger partial charge in [-0.1, -0.05) is 5.16 Å². The summed E-state index contributed by atoms with van der Waals surface area (Å²) in [5.41, 5.74) is 0.881. The summed E-state index contributed by atoms with van der Waals surface area (Å²) in [7, 11) is 3.42. The summed E-state index contributed by atoms with van der Waals surface area (Å²) in [6.07, 6.45) is -4.06. The van der Waals surface area contributed by atoms with Crippen molar-refractivity contribution >= 4 is 49.4 Å². The Kier molecular flexibility index (Phi) is 12.5. The van der Waals surface area contributed by atoms with Crippen molar-refractivity contribution < 1.29 is 37.8 Å². The maximum Gasteiger partial charge on any atom is 0.490 e. The lowest BCUT2D eigenvalue weighted by Crippen LogP contribution is -2.34. The second-order valence-electron chi connectivity index (χ2n) is 5.33. The number of amides is 1. The maximum atomic E-state index is 12.0. The standard InChI is InChI=1S/C14H19Br2N3O3.C2HF3O2/c1-17-4-3-5-18-14(20)12(19-21)8-9-6-10(15)13(22-2)11(16)7-9;3-2(4,5)1(6)7/h6-7,17,21H,3-5,8H2,1-2H3,(H,18,20);(H,6,7)/b19-12+;. The zero-order chi connectivity index (χ0) is 22.6. The van der Waals surface area contributed by atoms with E-state index in [0.717, 1.165) is 27.5 Å². The molecule has 0 atom stereocenters. The molecule has 29 heavy (non-hydrogen) atoms. The Labute approximate surface area is 181 Å². The second kappa shape index (κ2) is 13.4. The van der Waals surface area contributed by atoms with Crippen molar-refractivity contribution in [3.05, 3.63) is 26.6 Å². The van der Waals surface area contributed by atoms with Crippen molar-refractivity contribution in [1.82, 2.24) is 10.6 Å². The highest BCUT2D eigenvalue weighted by Crippen LogP contribution is 2.34. The molecule has 1 aromatic rings. The van der Waals surface area contributed by atoms with Gasteiger partial charge in [-0.2, -0.15) is 13.2 Å². The van der Waals surface area contributed by atoms with Crippen LogP contribution in [-0.4, -0.2) is 61.3 Å². The van der Waals surface area contributed by atoms with Gasteiger partial charge in [-0.05, 0) is 69.6 Å². The molecular formula is C16H20Br2F3N3O5. The lowest BCUT2D eigenvalue weighted by molar-refractivity contribution is -0.192. The summed E-state index contributed by atoms with van der Waals surface area (Å²) in [4.78, 5) is 20.9. The molecule has 0 heterocycles. The Morgan fingerprint density at radius 2 is 1.72 bits per heavy atom. The number of hydrogen-bond donors (Lipinski definition) is 4. The minimum atomic E-state index is -5.08. The Hall–Kier alpha value is -1.86. The molecule has 0 radical (unpaired) electrons. The minimum absolute atomic E-state index is 0.0634. The number of nitrogens with zero attached hydrogens (tertiary/aromatic N) is 1. The van der Waals surface area contributed by atoms with E-state index in [1.54, 1.807) is 7.11 Å². The fraction of sp³-hybridized carbons (Fsp3) is 0.438. The molecule has 0 bridgehead atoms. The van der Waals surface area contributed by atoms with Crippen molar-refractivity contribution in [1.29, 1.82) is 0 Å². The van der Waals surface area contributed by atoms with Crippen LogP contribution in [-0.2, 0) is 16.0 Å². The largest absolute Gasteiger partial charge is 0.494 e. The van der Waals surface area contributed by atoms with Gasteiger partial charge in [0.2, 0.25) is 0 Å². The van der Waals surface area contributed by atoms with Crippen molar-refractivity contribution in [2.24, 2.45) is 5.16 Å². The number of carbonyl (C=O) groups is 2. The topological polar surface area (TPSA) is 120 Å². The van der Waals surface area contributed by atoms with E-state index >= 15 is 0 Å². The number of carboxylic acid groups (broad SMARTS) is 1. The number of aliphatic carboxylic acids is 1. The lowest BCUT2D eigenvalue weighted by atomic mass is 10.1. The highest BCUT2D eigenvalue weighted by Gasteiger charge is 2.38. The van der Waals surface area contributed by atoms with Crippen molar-refractivity contribution in [2.75, 3.05) is 27.2 Å². The first-order valence-corrected chi connectivity index (χ1v) is 9.52. The Morgan fingerprint density at radius 1 is 1.21 bits per heavy atom. The number of methoxy groups -OCH3 is 1. The first-order valence-electron chi connectivity index (χ1n) is 7.93. The number of rotatable bonds is 8. The highest BCUT2D eigenvalue weighted by molar-refractivity contribution is 9.11. The third kappa shape index (κ3) is 10.5. The molecule has 0 saturated heterocycles. The first kappa shape index (κ1) is 27.1. The fourth-order valence-corrected chi connectivity index (χ4v) is 3.44. The molecule has 0 saturated carbocycles. The van der Waals surface area contributed by atoms with Gasteiger partial charge in [-0.3, -0.25) is 4.79 Å². The van der Waals surface area contributed by atoms with E-state index in [1.807, 2.05) is 19.2 Å². The number of benzene rings is 1. The van der Waals surface area contributed by atoms with Crippen LogP contribution in [0.2, 0.25) is 0 Å². The molecule has 164 valence electrons. The number of alkyl halides is 3. The molecule has 0 aliphatic rings. The van der Waals surface area contributed by atoms with E-state index in [9.17, 15) is 18.0 Å². The summed E-state index contributed by atoms with van der Waals surface area (Å²) in [6.45, 7) is 1.33. The monoisotopic (exact) mass is 549 g/mol. The molecule has 1 aromatic carbocycles. The Morgan fingerprint density at radius 3 is 2.10 bits per heavy atom. The molecule has 13 heteroatoms. The quantitative estimate of drug-likeness (QED) is 0.171.